The van der Waals surface area contributed by atoms with Crippen molar-refractivity contribution in [1.82, 2.24) is 20.7 Å². The third-order valence-corrected chi connectivity index (χ3v) is 3.91. The molecule has 1 aromatic rings. The lowest BCUT2D eigenvalue weighted by Gasteiger charge is -2.35. The normalized spacial score (nSPS) is 19.6. The molecule has 2 unspecified atom stereocenters. The van der Waals surface area contributed by atoms with Crippen LogP contribution in [0.5, 0.6) is 0 Å². The van der Waals surface area contributed by atoms with Crippen molar-refractivity contribution in [2.75, 3.05) is 6.54 Å². The van der Waals surface area contributed by atoms with Crippen LogP contribution in [-0.4, -0.2) is 40.6 Å². The molecule has 1 saturated heterocycles. The van der Waals surface area contributed by atoms with E-state index in [1.165, 1.54) is 0 Å². The summed E-state index contributed by atoms with van der Waals surface area (Å²) in [6.45, 7) is 6.59. The number of amides is 3. The SMILES string of the molecule is Cc1cc(CNC(=O)NC(C)C(=O)N2CCCCC2C)no1. The summed E-state index contributed by atoms with van der Waals surface area (Å²) < 4.78 is 4.92. The molecule has 3 amide bonds. The van der Waals surface area contributed by atoms with E-state index < -0.39 is 6.04 Å². The third kappa shape index (κ3) is 4.22. The topological polar surface area (TPSA) is 87.5 Å². The van der Waals surface area contributed by atoms with Crippen LogP contribution in [0, 0.1) is 6.92 Å². The number of nitrogens with zero attached hydrogens (tertiary/aromatic N) is 2. The van der Waals surface area contributed by atoms with Crippen LogP contribution in [0.2, 0.25) is 0 Å². The molecule has 0 bridgehead atoms. The van der Waals surface area contributed by atoms with Crippen molar-refractivity contribution in [1.29, 1.82) is 0 Å². The Balaban J connectivity index is 1.78. The summed E-state index contributed by atoms with van der Waals surface area (Å²) in [5, 5.41) is 9.14. The molecule has 1 fully saturated rings. The third-order valence-electron chi connectivity index (χ3n) is 3.91. The Bertz CT molecular complexity index is 529. The van der Waals surface area contributed by atoms with Crippen LogP contribution < -0.4 is 10.6 Å². The van der Waals surface area contributed by atoms with Gasteiger partial charge in [0.2, 0.25) is 5.91 Å². The molecule has 2 rings (SSSR count). The molecule has 2 atom stereocenters. The summed E-state index contributed by atoms with van der Waals surface area (Å²) >= 11 is 0. The predicted octanol–water partition coefficient (Wildman–Crippen LogP) is 1.57. The van der Waals surface area contributed by atoms with Crippen LogP contribution in [0.3, 0.4) is 0 Å². The molecular weight excluding hydrogens is 284 g/mol. The second-order valence-corrected chi connectivity index (χ2v) is 5.85. The van der Waals surface area contributed by atoms with E-state index in [0.717, 1.165) is 25.8 Å². The maximum atomic E-state index is 12.4. The van der Waals surface area contributed by atoms with Gasteiger partial charge in [-0.25, -0.2) is 4.79 Å². The van der Waals surface area contributed by atoms with Crippen LogP contribution in [0.25, 0.3) is 0 Å². The van der Waals surface area contributed by atoms with Crippen molar-refractivity contribution in [2.24, 2.45) is 0 Å². The van der Waals surface area contributed by atoms with Crippen LogP contribution in [0.4, 0.5) is 4.79 Å². The van der Waals surface area contributed by atoms with Gasteiger partial charge in [-0.3, -0.25) is 4.79 Å². The molecule has 0 saturated carbocycles. The molecule has 1 aliphatic rings. The van der Waals surface area contributed by atoms with Gasteiger partial charge in [-0.1, -0.05) is 5.16 Å². The van der Waals surface area contributed by atoms with E-state index >= 15 is 0 Å². The molecule has 2 N–H and O–H groups in total. The molecule has 1 aromatic heterocycles. The van der Waals surface area contributed by atoms with Crippen molar-refractivity contribution in [3.8, 4) is 0 Å². The fraction of sp³-hybridized carbons (Fsp3) is 0.667. The molecule has 122 valence electrons. The Morgan fingerprint density at radius 1 is 1.50 bits per heavy atom. The molecule has 7 heteroatoms. The molecular formula is C15H24N4O3. The summed E-state index contributed by atoms with van der Waals surface area (Å²) in [5.41, 5.74) is 0.649. The number of rotatable bonds is 4. The van der Waals surface area contributed by atoms with Crippen LogP contribution in [-0.2, 0) is 11.3 Å². The summed E-state index contributed by atoms with van der Waals surface area (Å²) in [4.78, 5) is 26.1. The Morgan fingerprint density at radius 2 is 2.27 bits per heavy atom. The predicted molar refractivity (Wildman–Crippen MR) is 81.1 cm³/mol. The Kier molecular flexibility index (Phi) is 5.41. The number of aryl methyl sites for hydroxylation is 1. The molecule has 1 aliphatic heterocycles. The first-order valence-electron chi connectivity index (χ1n) is 7.74. The Labute approximate surface area is 130 Å². The molecule has 0 aromatic carbocycles. The zero-order valence-corrected chi connectivity index (χ0v) is 13.4. The summed E-state index contributed by atoms with van der Waals surface area (Å²) in [6, 6.07) is 1.07. The number of carbonyl (C=O) groups excluding carboxylic acids is 2. The Hall–Kier alpha value is -2.05. The van der Waals surface area contributed by atoms with Gasteiger partial charge in [-0.2, -0.15) is 0 Å². The number of nitrogens with one attached hydrogen (secondary N) is 2. The average Bonchev–Trinajstić information content (AvgIpc) is 2.90. The number of urea groups is 1. The molecule has 0 aliphatic carbocycles. The largest absolute Gasteiger partial charge is 0.361 e. The van der Waals surface area contributed by atoms with Gasteiger partial charge in [-0.15, -0.1) is 0 Å². The standard InChI is InChI=1S/C15H24N4O3/c1-10-6-4-5-7-19(10)14(20)12(3)17-15(21)16-9-13-8-11(2)22-18-13/h8,10,12H,4-7,9H2,1-3H3,(H2,16,17,21). The van der Waals surface area contributed by atoms with Gasteiger partial charge < -0.3 is 20.1 Å². The van der Waals surface area contributed by atoms with Gasteiger partial charge >= 0.3 is 6.03 Å². The Morgan fingerprint density at radius 3 is 2.91 bits per heavy atom. The van der Waals surface area contributed by atoms with Crippen molar-refractivity contribution in [3.63, 3.8) is 0 Å². The highest BCUT2D eigenvalue weighted by Gasteiger charge is 2.27. The van der Waals surface area contributed by atoms with Gasteiger partial charge in [-0.05, 0) is 40.0 Å². The highest BCUT2D eigenvalue weighted by molar-refractivity contribution is 5.86. The first-order valence-corrected chi connectivity index (χ1v) is 7.74. The first kappa shape index (κ1) is 16.3. The molecule has 2 heterocycles. The maximum absolute atomic E-state index is 12.4. The number of carbonyl (C=O) groups is 2. The van der Waals surface area contributed by atoms with Gasteiger partial charge in [0.05, 0.1) is 6.54 Å². The number of piperidine rings is 1. The van der Waals surface area contributed by atoms with Crippen molar-refractivity contribution in [2.45, 2.75) is 58.7 Å². The lowest BCUT2D eigenvalue weighted by atomic mass is 10.0. The number of hydrogen-bond donors (Lipinski definition) is 2. The molecule has 7 nitrogen and oxygen atoms in total. The minimum Gasteiger partial charge on any atom is -0.361 e. The molecule has 0 radical (unpaired) electrons. The molecule has 22 heavy (non-hydrogen) atoms. The lowest BCUT2D eigenvalue weighted by Crippen LogP contribution is -2.53. The van der Waals surface area contributed by atoms with Gasteiger partial charge in [0, 0.05) is 18.7 Å². The summed E-state index contributed by atoms with van der Waals surface area (Å²) in [7, 11) is 0. The zero-order chi connectivity index (χ0) is 16.1. The van der Waals surface area contributed by atoms with Crippen LogP contribution in [0.15, 0.2) is 10.6 Å². The monoisotopic (exact) mass is 308 g/mol. The highest BCUT2D eigenvalue weighted by Crippen LogP contribution is 2.17. The summed E-state index contributed by atoms with van der Waals surface area (Å²) in [6.07, 6.45) is 3.21. The van der Waals surface area contributed by atoms with E-state index in [4.69, 9.17) is 4.52 Å². The quantitative estimate of drug-likeness (QED) is 0.884. The van der Waals surface area contributed by atoms with E-state index in [-0.39, 0.29) is 24.5 Å². The summed E-state index contributed by atoms with van der Waals surface area (Å²) in [5.74, 6) is 0.666. The van der Waals surface area contributed by atoms with Gasteiger partial charge in [0.1, 0.15) is 17.5 Å². The van der Waals surface area contributed by atoms with Gasteiger partial charge in [0.25, 0.3) is 0 Å². The van der Waals surface area contributed by atoms with Crippen molar-refractivity contribution >= 4 is 11.9 Å². The second kappa shape index (κ2) is 7.29. The molecule has 0 spiro atoms. The number of hydrogen-bond acceptors (Lipinski definition) is 4. The number of likely N-dealkylation sites (tertiary alicyclic amines) is 1. The van der Waals surface area contributed by atoms with Crippen molar-refractivity contribution < 1.29 is 14.1 Å². The maximum Gasteiger partial charge on any atom is 0.315 e. The van der Waals surface area contributed by atoms with Crippen LogP contribution in [0.1, 0.15) is 44.6 Å². The van der Waals surface area contributed by atoms with E-state index in [9.17, 15) is 9.59 Å². The average molecular weight is 308 g/mol. The fourth-order valence-electron chi connectivity index (χ4n) is 2.66. The highest BCUT2D eigenvalue weighted by atomic mass is 16.5. The van der Waals surface area contributed by atoms with E-state index in [1.807, 2.05) is 4.90 Å². The van der Waals surface area contributed by atoms with E-state index in [1.54, 1.807) is 19.9 Å². The van der Waals surface area contributed by atoms with Crippen molar-refractivity contribution in [3.05, 3.63) is 17.5 Å². The van der Waals surface area contributed by atoms with Gasteiger partial charge in [0.15, 0.2) is 0 Å². The lowest BCUT2D eigenvalue weighted by molar-refractivity contribution is -0.136. The zero-order valence-electron chi connectivity index (χ0n) is 13.4. The van der Waals surface area contributed by atoms with E-state index in [2.05, 4.69) is 22.7 Å². The fourth-order valence-corrected chi connectivity index (χ4v) is 2.66. The first-order chi connectivity index (χ1) is 10.5. The second-order valence-electron chi connectivity index (χ2n) is 5.85. The smallest absolute Gasteiger partial charge is 0.315 e. The minimum atomic E-state index is -0.542. The van der Waals surface area contributed by atoms with Crippen LogP contribution >= 0.6 is 0 Å². The van der Waals surface area contributed by atoms with E-state index in [0.29, 0.717) is 11.5 Å². The minimum absolute atomic E-state index is 0.0281. The number of aromatic nitrogens is 1.